The molecule has 0 aromatic heterocycles. The first kappa shape index (κ1) is 16.4. The third-order valence-corrected chi connectivity index (χ3v) is 2.86. The molecular formula is C11H21N3O4. The Kier molecular flexibility index (Phi) is 6.32. The molecule has 0 saturated heterocycles. The predicted octanol–water partition coefficient (Wildman–Crippen LogP) is -0.643. The van der Waals surface area contributed by atoms with Crippen molar-refractivity contribution in [3.05, 3.63) is 0 Å². The van der Waals surface area contributed by atoms with Crippen LogP contribution in [0.25, 0.3) is 0 Å². The number of nitrogens with one attached hydrogen (secondary N) is 2. The third kappa shape index (κ3) is 4.33. The molecule has 7 heteroatoms. The summed E-state index contributed by atoms with van der Waals surface area (Å²) in [5.41, 5.74) is 1.50. The summed E-state index contributed by atoms with van der Waals surface area (Å²) in [6.45, 7) is 4.65. The van der Waals surface area contributed by atoms with Gasteiger partial charge in [-0.25, -0.2) is 5.48 Å². The maximum atomic E-state index is 11.8. The second kappa shape index (κ2) is 6.95. The van der Waals surface area contributed by atoms with E-state index in [0.29, 0.717) is 0 Å². The number of rotatable bonds is 5. The summed E-state index contributed by atoms with van der Waals surface area (Å²) in [5, 5.41) is 11.0. The molecule has 18 heavy (non-hydrogen) atoms. The highest BCUT2D eigenvalue weighted by Gasteiger charge is 2.28. The van der Waals surface area contributed by atoms with Crippen molar-refractivity contribution in [3.8, 4) is 0 Å². The Hall–Kier alpha value is -1.63. The summed E-state index contributed by atoms with van der Waals surface area (Å²) in [5.74, 6) is -2.60. The number of nitrogens with zero attached hydrogens (tertiary/aromatic N) is 1. The maximum Gasteiger partial charge on any atom is 0.246 e. The molecule has 3 N–H and O–H groups in total. The average Bonchev–Trinajstić information content (AvgIpc) is 2.34. The van der Waals surface area contributed by atoms with Gasteiger partial charge in [0.25, 0.3) is 0 Å². The topological polar surface area (TPSA) is 98.7 Å². The molecule has 3 unspecified atom stereocenters. The minimum atomic E-state index is -0.684. The summed E-state index contributed by atoms with van der Waals surface area (Å²) in [6, 6.07) is -0.653. The van der Waals surface area contributed by atoms with E-state index in [4.69, 9.17) is 5.21 Å². The quantitative estimate of drug-likeness (QED) is 0.451. The normalized spacial score (nSPS) is 15.2. The summed E-state index contributed by atoms with van der Waals surface area (Å²) < 4.78 is 0. The lowest BCUT2D eigenvalue weighted by Gasteiger charge is -2.22. The smallest absolute Gasteiger partial charge is 0.246 e. The van der Waals surface area contributed by atoms with Crippen molar-refractivity contribution < 1.29 is 19.6 Å². The van der Waals surface area contributed by atoms with Crippen LogP contribution in [0.1, 0.15) is 20.8 Å². The fraction of sp³-hybridized carbons (Fsp3) is 0.727. The van der Waals surface area contributed by atoms with E-state index in [0.717, 1.165) is 0 Å². The molecule has 0 spiro atoms. The largest absolute Gasteiger partial charge is 0.347 e. The fourth-order valence-electron chi connectivity index (χ4n) is 1.35. The molecular weight excluding hydrogens is 238 g/mol. The number of carbonyl (C=O) groups is 3. The first-order valence-electron chi connectivity index (χ1n) is 5.67. The van der Waals surface area contributed by atoms with E-state index >= 15 is 0 Å². The first-order valence-corrected chi connectivity index (χ1v) is 5.67. The number of hydroxylamine groups is 1. The molecule has 104 valence electrons. The van der Waals surface area contributed by atoms with Crippen LogP contribution in [0.2, 0.25) is 0 Å². The lowest BCUT2D eigenvalue weighted by Crippen LogP contribution is -2.48. The zero-order valence-electron chi connectivity index (χ0n) is 11.4. The molecule has 0 aliphatic carbocycles. The Morgan fingerprint density at radius 3 is 1.83 bits per heavy atom. The average molecular weight is 259 g/mol. The molecule has 0 aliphatic heterocycles. The molecule has 0 aliphatic rings. The van der Waals surface area contributed by atoms with Gasteiger partial charge in [0.1, 0.15) is 6.04 Å². The van der Waals surface area contributed by atoms with Crippen molar-refractivity contribution in [2.24, 2.45) is 11.8 Å². The van der Waals surface area contributed by atoms with Crippen molar-refractivity contribution in [1.29, 1.82) is 0 Å². The first-order chi connectivity index (χ1) is 8.22. The predicted molar refractivity (Wildman–Crippen MR) is 64.6 cm³/mol. The van der Waals surface area contributed by atoms with Crippen LogP contribution in [0, 0.1) is 11.8 Å². The maximum absolute atomic E-state index is 11.8. The van der Waals surface area contributed by atoms with Gasteiger partial charge in [-0.3, -0.25) is 19.6 Å². The zero-order valence-corrected chi connectivity index (χ0v) is 11.4. The van der Waals surface area contributed by atoms with Gasteiger partial charge in [0.2, 0.25) is 17.7 Å². The summed E-state index contributed by atoms with van der Waals surface area (Å²) >= 11 is 0. The molecule has 0 bridgehead atoms. The Bertz CT molecular complexity index is 330. The van der Waals surface area contributed by atoms with Gasteiger partial charge in [-0.2, -0.15) is 0 Å². The van der Waals surface area contributed by atoms with E-state index in [9.17, 15) is 14.4 Å². The Balaban J connectivity index is 4.49. The van der Waals surface area contributed by atoms with Crippen molar-refractivity contribution in [2.45, 2.75) is 26.8 Å². The highest BCUT2D eigenvalue weighted by atomic mass is 16.5. The van der Waals surface area contributed by atoms with Crippen molar-refractivity contribution >= 4 is 17.7 Å². The van der Waals surface area contributed by atoms with E-state index in [-0.39, 0.29) is 5.91 Å². The summed E-state index contributed by atoms with van der Waals surface area (Å²) in [4.78, 5) is 35.9. The van der Waals surface area contributed by atoms with Gasteiger partial charge in [-0.05, 0) is 6.92 Å². The lowest BCUT2D eigenvalue weighted by atomic mass is 9.94. The minimum Gasteiger partial charge on any atom is -0.347 e. The Morgan fingerprint density at radius 2 is 1.44 bits per heavy atom. The number of hydrogen-bond donors (Lipinski definition) is 3. The summed E-state index contributed by atoms with van der Waals surface area (Å²) in [6.07, 6.45) is 0. The van der Waals surface area contributed by atoms with Crippen molar-refractivity contribution in [3.63, 3.8) is 0 Å². The molecule has 0 aromatic rings. The van der Waals surface area contributed by atoms with Crippen LogP contribution in [0.3, 0.4) is 0 Å². The third-order valence-electron chi connectivity index (χ3n) is 2.86. The number of likely N-dealkylation sites (N-methyl/N-ethyl adjacent to an activating group) is 1. The highest BCUT2D eigenvalue weighted by molar-refractivity contribution is 5.90. The Morgan fingerprint density at radius 1 is 1.00 bits per heavy atom. The van der Waals surface area contributed by atoms with Crippen molar-refractivity contribution in [1.82, 2.24) is 15.7 Å². The second-order valence-corrected chi connectivity index (χ2v) is 4.52. The van der Waals surface area contributed by atoms with Crippen LogP contribution in [-0.4, -0.2) is 48.0 Å². The molecule has 0 fully saturated rings. The molecule has 7 nitrogen and oxygen atoms in total. The monoisotopic (exact) mass is 259 g/mol. The van der Waals surface area contributed by atoms with Gasteiger partial charge in [0.15, 0.2) is 0 Å². The van der Waals surface area contributed by atoms with Crippen LogP contribution < -0.4 is 10.8 Å². The van der Waals surface area contributed by atoms with Gasteiger partial charge in [0, 0.05) is 25.9 Å². The number of hydrogen-bond acceptors (Lipinski definition) is 4. The van der Waals surface area contributed by atoms with Gasteiger partial charge in [-0.1, -0.05) is 13.8 Å². The van der Waals surface area contributed by atoms with E-state index in [1.165, 1.54) is 17.3 Å². The van der Waals surface area contributed by atoms with Gasteiger partial charge in [-0.15, -0.1) is 0 Å². The van der Waals surface area contributed by atoms with Crippen LogP contribution in [0.5, 0.6) is 0 Å². The zero-order chi connectivity index (χ0) is 14.5. The van der Waals surface area contributed by atoms with E-state index in [1.54, 1.807) is 27.9 Å². The van der Waals surface area contributed by atoms with E-state index in [1.807, 2.05) is 0 Å². The molecule has 0 heterocycles. The van der Waals surface area contributed by atoms with Gasteiger partial charge in [0.05, 0.1) is 0 Å². The van der Waals surface area contributed by atoms with Crippen LogP contribution in [0.4, 0.5) is 0 Å². The van der Waals surface area contributed by atoms with Crippen LogP contribution >= 0.6 is 0 Å². The molecule has 3 amide bonds. The Labute approximate surface area is 106 Å². The summed E-state index contributed by atoms with van der Waals surface area (Å²) in [7, 11) is 3.19. The molecule has 0 saturated carbocycles. The standard InChI is InChI=1S/C11H21N3O4/c1-6(7(2)10(16)13-18)9(15)12-8(3)11(17)14(4)5/h6-8,18H,1-5H3,(H,12,15)(H,13,16). The van der Waals surface area contributed by atoms with E-state index in [2.05, 4.69) is 5.32 Å². The SMILES string of the molecule is CC(NC(=O)C(C)C(C)C(=O)NO)C(=O)N(C)C. The number of carbonyl (C=O) groups excluding carboxylic acids is 3. The highest BCUT2D eigenvalue weighted by Crippen LogP contribution is 2.11. The molecule has 0 aromatic carbocycles. The molecule has 0 radical (unpaired) electrons. The van der Waals surface area contributed by atoms with Gasteiger partial charge >= 0.3 is 0 Å². The lowest BCUT2D eigenvalue weighted by molar-refractivity contribution is -0.140. The second-order valence-electron chi connectivity index (χ2n) is 4.52. The minimum absolute atomic E-state index is 0.227. The number of amides is 3. The molecule has 0 rings (SSSR count). The van der Waals surface area contributed by atoms with Gasteiger partial charge < -0.3 is 10.2 Å². The molecule has 3 atom stereocenters. The van der Waals surface area contributed by atoms with Crippen molar-refractivity contribution in [2.75, 3.05) is 14.1 Å². The van der Waals surface area contributed by atoms with Crippen LogP contribution in [0.15, 0.2) is 0 Å². The van der Waals surface area contributed by atoms with E-state index < -0.39 is 29.7 Å². The van der Waals surface area contributed by atoms with Crippen LogP contribution in [-0.2, 0) is 14.4 Å². The fourth-order valence-corrected chi connectivity index (χ4v) is 1.35.